The van der Waals surface area contributed by atoms with Crippen molar-refractivity contribution in [3.05, 3.63) is 111 Å². The van der Waals surface area contributed by atoms with E-state index in [0.29, 0.717) is 22.5 Å². The van der Waals surface area contributed by atoms with Crippen molar-refractivity contribution in [2.45, 2.75) is 49.9 Å². The Morgan fingerprint density at radius 2 is 1.80 bits per heavy atom. The predicted molar refractivity (Wildman–Crippen MR) is 203 cm³/mol. The van der Waals surface area contributed by atoms with Crippen LogP contribution in [-0.4, -0.2) is 55.7 Å². The molecule has 2 aromatic carbocycles. The SMILES string of the molecule is C[C@H]1CC(F)(F)c2c1c(C(F)(F)F)nn2C(=O)NC(Cc1cc(F)cc(F)c1)c1nc(C#CC(O)c2cn(C)cn2)ccc1-c1ccc(Cl)c2c(NS(C)=O)nn(C)c12. The summed E-state index contributed by atoms with van der Waals surface area (Å²) in [6, 6.07) is 5.43. The van der Waals surface area contributed by atoms with Gasteiger partial charge in [-0.1, -0.05) is 30.5 Å². The average Bonchev–Trinajstić information content (AvgIpc) is 3.90. The number of nitrogens with one attached hydrogen (secondary N) is 2. The van der Waals surface area contributed by atoms with Gasteiger partial charge in [0.15, 0.2) is 17.6 Å². The number of rotatable bonds is 8. The van der Waals surface area contributed by atoms with Crippen molar-refractivity contribution in [1.82, 2.24) is 39.4 Å². The number of benzene rings is 2. The standard InChI is InChI=1S/C38H31ClF7N9O3S/c1-18-15-37(42,43)34-29(18)33(38(44,45)46)50-55(34)36(57)49-26(13-19-11-20(40)14-21(41)12-19)31-23(7-5-22(48-31)6-10-28(56)27-16-53(2)17-47-27)24-8-9-25(39)30-32(24)54(3)51-35(30)52-59(4)58/h5,7-9,11-12,14,16-18,26,28,56H,13,15H2,1-4H3,(H,49,57)(H,51,52)/t18-,26?,28?,59?/m0/s1. The van der Waals surface area contributed by atoms with Crippen molar-refractivity contribution in [1.29, 1.82) is 0 Å². The molecule has 7 rings (SSSR count). The maximum Gasteiger partial charge on any atom is 0.435 e. The Hall–Kier alpha value is -5.78. The highest BCUT2D eigenvalue weighted by Crippen LogP contribution is 2.52. The fourth-order valence-corrected chi connectivity index (χ4v) is 7.87. The lowest BCUT2D eigenvalue weighted by atomic mass is 9.94. The molecule has 1 amide bonds. The van der Waals surface area contributed by atoms with Gasteiger partial charge in [0.25, 0.3) is 5.92 Å². The van der Waals surface area contributed by atoms with Crippen molar-refractivity contribution < 1.29 is 44.8 Å². The number of amides is 1. The van der Waals surface area contributed by atoms with Crippen LogP contribution in [0.3, 0.4) is 0 Å². The maximum absolute atomic E-state index is 15.4. The molecule has 6 aromatic rings. The topological polar surface area (TPSA) is 145 Å². The normalized spacial score (nSPS) is 16.3. The molecular formula is C38H31ClF7N9O3S. The summed E-state index contributed by atoms with van der Waals surface area (Å²) in [4.78, 5) is 22.9. The van der Waals surface area contributed by atoms with E-state index in [2.05, 4.69) is 42.0 Å². The predicted octanol–water partition coefficient (Wildman–Crippen LogP) is 7.45. The summed E-state index contributed by atoms with van der Waals surface area (Å²) in [6.45, 7) is 1.16. The molecule has 21 heteroatoms. The van der Waals surface area contributed by atoms with Crippen LogP contribution < -0.4 is 10.0 Å². The first-order chi connectivity index (χ1) is 27.7. The van der Waals surface area contributed by atoms with Crippen LogP contribution in [-0.2, 0) is 43.6 Å². The van der Waals surface area contributed by atoms with Crippen LogP contribution in [0.2, 0.25) is 5.02 Å². The van der Waals surface area contributed by atoms with Crippen LogP contribution in [0, 0.1) is 23.5 Å². The van der Waals surface area contributed by atoms with Gasteiger partial charge in [-0.3, -0.25) is 9.40 Å². The maximum atomic E-state index is 15.4. The number of alkyl halides is 5. The third-order valence-corrected chi connectivity index (χ3v) is 10.3. The molecule has 4 atom stereocenters. The van der Waals surface area contributed by atoms with Gasteiger partial charge in [0.2, 0.25) is 0 Å². The minimum Gasteiger partial charge on any atom is -0.374 e. The molecule has 1 aliphatic carbocycles. The zero-order valence-corrected chi connectivity index (χ0v) is 32.7. The summed E-state index contributed by atoms with van der Waals surface area (Å²) in [7, 11) is 1.65. The number of hydrogen-bond acceptors (Lipinski definition) is 7. The molecule has 0 saturated heterocycles. The summed E-state index contributed by atoms with van der Waals surface area (Å²) in [5, 5.41) is 21.5. The van der Waals surface area contributed by atoms with E-state index in [0.717, 1.165) is 19.1 Å². The fourth-order valence-electron chi connectivity index (χ4n) is 7.21. The molecule has 4 aromatic heterocycles. The van der Waals surface area contributed by atoms with Crippen molar-refractivity contribution in [3.63, 3.8) is 0 Å². The number of imidazole rings is 1. The van der Waals surface area contributed by atoms with Crippen molar-refractivity contribution in [2.24, 2.45) is 14.1 Å². The summed E-state index contributed by atoms with van der Waals surface area (Å²) in [5.74, 6) is -1.72. The Morgan fingerprint density at radius 3 is 2.44 bits per heavy atom. The number of anilines is 1. The van der Waals surface area contributed by atoms with E-state index in [9.17, 15) is 36.1 Å². The molecule has 59 heavy (non-hydrogen) atoms. The number of fused-ring (bicyclic) bond motifs is 2. The van der Waals surface area contributed by atoms with Gasteiger partial charge in [-0.05, 0) is 54.2 Å². The van der Waals surface area contributed by atoms with E-state index in [1.165, 1.54) is 41.7 Å². The van der Waals surface area contributed by atoms with Gasteiger partial charge in [-0.25, -0.2) is 27.8 Å². The molecule has 0 radical (unpaired) electrons. The van der Waals surface area contributed by atoms with E-state index in [4.69, 9.17) is 11.6 Å². The molecule has 0 fully saturated rings. The van der Waals surface area contributed by atoms with Crippen LogP contribution in [0.15, 0.2) is 55.0 Å². The number of carbonyl (C=O) groups excluding carboxylic acids is 1. The first-order valence-corrected chi connectivity index (χ1v) is 19.4. The van der Waals surface area contributed by atoms with Crippen molar-refractivity contribution in [2.75, 3.05) is 11.0 Å². The summed E-state index contributed by atoms with van der Waals surface area (Å²) >= 11 is 6.62. The smallest absolute Gasteiger partial charge is 0.374 e. The highest BCUT2D eigenvalue weighted by atomic mass is 35.5. The van der Waals surface area contributed by atoms with Gasteiger partial charge in [-0.15, -0.1) is 0 Å². The van der Waals surface area contributed by atoms with Crippen LogP contribution in [0.25, 0.3) is 22.0 Å². The highest BCUT2D eigenvalue weighted by molar-refractivity contribution is 7.85. The molecule has 3 N–H and O–H groups in total. The first-order valence-electron chi connectivity index (χ1n) is 17.5. The fraction of sp³-hybridized carbons (Fsp3) is 0.289. The Kier molecular flexibility index (Phi) is 10.8. The van der Waals surface area contributed by atoms with E-state index < -0.39 is 88.6 Å². The first kappa shape index (κ1) is 41.4. The molecule has 1 aliphatic rings. The molecule has 308 valence electrons. The third-order valence-electron chi connectivity index (χ3n) is 9.51. The lowest BCUT2D eigenvalue weighted by Crippen LogP contribution is -2.37. The van der Waals surface area contributed by atoms with Gasteiger partial charge in [0, 0.05) is 55.7 Å². The van der Waals surface area contributed by atoms with Gasteiger partial charge in [0.05, 0.1) is 39.7 Å². The third kappa shape index (κ3) is 8.14. The van der Waals surface area contributed by atoms with E-state index in [1.54, 1.807) is 24.7 Å². The second kappa shape index (κ2) is 15.4. The summed E-state index contributed by atoms with van der Waals surface area (Å²) in [6.07, 6.45) is -3.76. The minimum atomic E-state index is -5.20. The number of aliphatic hydroxyl groups excluding tert-OH is 1. The van der Waals surface area contributed by atoms with Gasteiger partial charge in [-0.2, -0.15) is 36.8 Å². The Labute approximate surface area is 338 Å². The highest BCUT2D eigenvalue weighted by Gasteiger charge is 2.54. The number of halogens is 8. The van der Waals surface area contributed by atoms with Gasteiger partial charge < -0.3 is 15.0 Å². The number of carbonyl (C=O) groups is 1. The number of pyridine rings is 1. The monoisotopic (exact) mass is 861 g/mol. The number of hydrogen-bond donors (Lipinski definition) is 3. The molecular weight excluding hydrogens is 831 g/mol. The van der Waals surface area contributed by atoms with Crippen LogP contribution in [0.1, 0.15) is 71.0 Å². The number of aromatic nitrogens is 7. The Morgan fingerprint density at radius 1 is 1.10 bits per heavy atom. The molecule has 0 aliphatic heterocycles. The molecule has 12 nitrogen and oxygen atoms in total. The molecule has 0 spiro atoms. The number of nitrogens with zero attached hydrogens (tertiary/aromatic N) is 7. The van der Waals surface area contributed by atoms with Crippen molar-refractivity contribution >= 4 is 45.3 Å². The zero-order valence-electron chi connectivity index (χ0n) is 31.2. The minimum absolute atomic E-state index is 0.0259. The molecule has 0 bridgehead atoms. The van der Waals surface area contributed by atoms with Crippen LogP contribution in [0.5, 0.6) is 0 Å². The van der Waals surface area contributed by atoms with Crippen LogP contribution >= 0.6 is 11.6 Å². The quantitative estimate of drug-likeness (QED) is 0.107. The zero-order chi connectivity index (χ0) is 42.7. The Bertz CT molecular complexity index is 2720. The van der Waals surface area contributed by atoms with Gasteiger partial charge >= 0.3 is 12.2 Å². The van der Waals surface area contributed by atoms with Crippen molar-refractivity contribution in [3.8, 4) is 23.0 Å². The summed E-state index contributed by atoms with van der Waals surface area (Å²) in [5.41, 5.74) is -2.87. The lowest BCUT2D eigenvalue weighted by molar-refractivity contribution is -0.142. The van der Waals surface area contributed by atoms with Crippen LogP contribution in [0.4, 0.5) is 41.3 Å². The van der Waals surface area contributed by atoms with E-state index in [-0.39, 0.29) is 43.7 Å². The van der Waals surface area contributed by atoms with E-state index >= 15 is 8.78 Å². The number of aryl methyl sites for hydroxylation is 2. The second-order valence-corrected chi connectivity index (χ2v) is 15.4. The van der Waals surface area contributed by atoms with E-state index in [1.807, 2.05) is 0 Å². The average molecular weight is 862 g/mol. The largest absolute Gasteiger partial charge is 0.435 e. The Balaban J connectivity index is 1.45. The summed E-state index contributed by atoms with van der Waals surface area (Å²) < 4.78 is 121. The molecule has 0 saturated carbocycles. The molecule has 3 unspecified atom stereocenters. The lowest BCUT2D eigenvalue weighted by Gasteiger charge is -2.23. The van der Waals surface area contributed by atoms with Gasteiger partial charge in [0.1, 0.15) is 34.0 Å². The molecule has 4 heterocycles. The number of aliphatic hydroxyl groups is 1. The second-order valence-electron chi connectivity index (χ2n) is 13.9.